The summed E-state index contributed by atoms with van der Waals surface area (Å²) in [4.78, 5) is 34.4. The van der Waals surface area contributed by atoms with Crippen molar-refractivity contribution < 1.29 is 19.1 Å². The van der Waals surface area contributed by atoms with Crippen molar-refractivity contribution in [3.63, 3.8) is 0 Å². The zero-order valence-corrected chi connectivity index (χ0v) is 22.0. The Morgan fingerprint density at radius 2 is 1.85 bits per heavy atom. The van der Waals surface area contributed by atoms with Crippen LogP contribution in [0.1, 0.15) is 17.2 Å². The number of fused-ring (bicyclic) bond motifs is 1. The number of anilines is 1. The predicted molar refractivity (Wildman–Crippen MR) is 149 cm³/mol. The van der Waals surface area contributed by atoms with E-state index in [9.17, 15) is 9.59 Å². The van der Waals surface area contributed by atoms with Gasteiger partial charge in [0.2, 0.25) is 0 Å². The molecule has 5 rings (SSSR count). The molecule has 3 heterocycles. The molecule has 204 valence electrons. The minimum atomic E-state index is -0.273. The van der Waals surface area contributed by atoms with Gasteiger partial charge in [-0.05, 0) is 35.4 Å². The van der Waals surface area contributed by atoms with Crippen LogP contribution < -0.4 is 16.0 Å². The SMILES string of the molecule is COCCNC(=O)C1=CC=CN2C1=NC(c1ccc(NC(=O)N3CCOCC3)cc1)C2NCc1ccccc1. The molecule has 3 N–H and O–H groups in total. The lowest BCUT2D eigenvalue weighted by atomic mass is 10.0. The fourth-order valence-corrected chi connectivity index (χ4v) is 4.79. The zero-order chi connectivity index (χ0) is 27.0. The number of ether oxygens (including phenoxy) is 2. The van der Waals surface area contributed by atoms with E-state index in [1.54, 1.807) is 18.1 Å². The van der Waals surface area contributed by atoms with Crippen molar-refractivity contribution in [2.24, 2.45) is 4.99 Å². The number of nitrogens with one attached hydrogen (secondary N) is 3. The summed E-state index contributed by atoms with van der Waals surface area (Å²) in [6.07, 6.45) is 5.40. The molecule has 3 aliphatic heterocycles. The number of amides is 3. The number of carbonyl (C=O) groups is 2. The van der Waals surface area contributed by atoms with E-state index in [4.69, 9.17) is 14.5 Å². The van der Waals surface area contributed by atoms with Crippen LogP contribution in [0.4, 0.5) is 10.5 Å². The minimum Gasteiger partial charge on any atom is -0.383 e. The lowest BCUT2D eigenvalue weighted by molar-refractivity contribution is -0.117. The highest BCUT2D eigenvalue weighted by Gasteiger charge is 2.39. The first-order valence-corrected chi connectivity index (χ1v) is 13.2. The van der Waals surface area contributed by atoms with Gasteiger partial charge >= 0.3 is 6.03 Å². The number of urea groups is 1. The fraction of sp³-hybridized carbons (Fsp3) is 0.345. The molecule has 0 aromatic heterocycles. The summed E-state index contributed by atoms with van der Waals surface area (Å²) in [5.41, 5.74) is 3.35. The highest BCUT2D eigenvalue weighted by Crippen LogP contribution is 2.34. The highest BCUT2D eigenvalue weighted by molar-refractivity contribution is 6.22. The maximum absolute atomic E-state index is 13.0. The number of hydrogen-bond acceptors (Lipinski definition) is 7. The molecule has 0 bridgehead atoms. The summed E-state index contributed by atoms with van der Waals surface area (Å²) in [6, 6.07) is 17.5. The first-order valence-electron chi connectivity index (χ1n) is 13.2. The Labute approximate surface area is 228 Å². The third-order valence-electron chi connectivity index (χ3n) is 6.85. The molecule has 0 aliphatic carbocycles. The number of rotatable bonds is 9. The molecule has 2 unspecified atom stereocenters. The Morgan fingerprint density at radius 3 is 2.59 bits per heavy atom. The molecule has 39 heavy (non-hydrogen) atoms. The number of carbonyl (C=O) groups excluding carboxylic acids is 2. The molecule has 2 aromatic rings. The standard InChI is InChI=1S/C29H34N6O4/c1-38-17-13-30-28(36)24-8-5-14-35-26(24)33-25(27(35)31-20-21-6-3-2-4-7-21)22-9-11-23(12-10-22)32-29(37)34-15-18-39-19-16-34/h2-12,14,25,27,31H,13,15-20H2,1H3,(H,30,36)(H,32,37). The molecule has 0 saturated carbocycles. The fourth-order valence-electron chi connectivity index (χ4n) is 4.79. The smallest absolute Gasteiger partial charge is 0.321 e. The number of benzene rings is 2. The molecule has 3 aliphatic rings. The Hall–Kier alpha value is -3.99. The average molecular weight is 531 g/mol. The average Bonchev–Trinajstić information content (AvgIpc) is 3.36. The summed E-state index contributed by atoms with van der Waals surface area (Å²) in [7, 11) is 1.60. The number of allylic oxidation sites excluding steroid dienone is 2. The van der Waals surface area contributed by atoms with Gasteiger partial charge in [-0.15, -0.1) is 0 Å². The maximum Gasteiger partial charge on any atom is 0.321 e. The van der Waals surface area contributed by atoms with Crippen molar-refractivity contribution >= 4 is 23.5 Å². The zero-order valence-electron chi connectivity index (χ0n) is 22.0. The van der Waals surface area contributed by atoms with E-state index in [2.05, 4.69) is 28.1 Å². The molecule has 0 radical (unpaired) electrons. The van der Waals surface area contributed by atoms with Gasteiger partial charge in [0.15, 0.2) is 0 Å². The second-order valence-electron chi connectivity index (χ2n) is 9.44. The van der Waals surface area contributed by atoms with Gasteiger partial charge in [0.1, 0.15) is 18.0 Å². The van der Waals surface area contributed by atoms with Crippen LogP contribution in [0.15, 0.2) is 83.5 Å². The molecule has 3 amide bonds. The van der Waals surface area contributed by atoms with Crippen LogP contribution in [0.25, 0.3) is 0 Å². The first-order chi connectivity index (χ1) is 19.1. The van der Waals surface area contributed by atoms with Crippen LogP contribution in [0.2, 0.25) is 0 Å². The van der Waals surface area contributed by atoms with Crippen molar-refractivity contribution in [3.05, 3.63) is 89.6 Å². The summed E-state index contributed by atoms with van der Waals surface area (Å²) >= 11 is 0. The van der Waals surface area contributed by atoms with Gasteiger partial charge < -0.3 is 29.9 Å². The highest BCUT2D eigenvalue weighted by atomic mass is 16.5. The van der Waals surface area contributed by atoms with Gasteiger partial charge in [0.05, 0.1) is 25.4 Å². The number of amidine groups is 1. The van der Waals surface area contributed by atoms with Crippen molar-refractivity contribution in [2.45, 2.75) is 18.8 Å². The number of aliphatic imine (C=N–C) groups is 1. The largest absolute Gasteiger partial charge is 0.383 e. The molecular weight excluding hydrogens is 496 g/mol. The number of nitrogens with zero attached hydrogens (tertiary/aromatic N) is 3. The predicted octanol–water partition coefficient (Wildman–Crippen LogP) is 2.64. The van der Waals surface area contributed by atoms with E-state index in [1.807, 2.05) is 59.6 Å². The van der Waals surface area contributed by atoms with Crippen molar-refractivity contribution in [1.29, 1.82) is 0 Å². The lowest BCUT2D eigenvalue weighted by Gasteiger charge is -2.30. The van der Waals surface area contributed by atoms with E-state index in [-0.39, 0.29) is 24.1 Å². The number of hydrogen-bond donors (Lipinski definition) is 3. The molecule has 1 saturated heterocycles. The van der Waals surface area contributed by atoms with Crippen LogP contribution >= 0.6 is 0 Å². The normalized spacial score (nSPS) is 20.2. The Balaban J connectivity index is 1.35. The molecule has 0 spiro atoms. The molecule has 2 atom stereocenters. The van der Waals surface area contributed by atoms with E-state index in [1.165, 1.54) is 0 Å². The van der Waals surface area contributed by atoms with Crippen molar-refractivity contribution in [1.82, 2.24) is 20.4 Å². The molecule has 10 heteroatoms. The topological polar surface area (TPSA) is 108 Å². The van der Waals surface area contributed by atoms with Gasteiger partial charge in [0, 0.05) is 45.2 Å². The number of methoxy groups -OCH3 is 1. The second-order valence-corrected chi connectivity index (χ2v) is 9.44. The van der Waals surface area contributed by atoms with Crippen LogP contribution in [-0.4, -0.2) is 80.3 Å². The molecule has 10 nitrogen and oxygen atoms in total. The van der Waals surface area contributed by atoms with Crippen molar-refractivity contribution in [2.75, 3.05) is 51.9 Å². The van der Waals surface area contributed by atoms with Crippen LogP contribution in [0, 0.1) is 0 Å². The van der Waals surface area contributed by atoms with E-state index < -0.39 is 0 Å². The van der Waals surface area contributed by atoms with Gasteiger partial charge in [-0.3, -0.25) is 15.1 Å². The van der Waals surface area contributed by atoms with E-state index >= 15 is 0 Å². The van der Waals surface area contributed by atoms with Crippen LogP contribution in [-0.2, 0) is 20.8 Å². The summed E-state index contributed by atoms with van der Waals surface area (Å²) in [5, 5.41) is 9.51. The summed E-state index contributed by atoms with van der Waals surface area (Å²) < 4.78 is 10.4. The van der Waals surface area contributed by atoms with Crippen LogP contribution in [0.5, 0.6) is 0 Å². The van der Waals surface area contributed by atoms with Gasteiger partial charge in [-0.1, -0.05) is 42.5 Å². The summed E-state index contributed by atoms with van der Waals surface area (Å²) in [6.45, 7) is 3.76. The maximum atomic E-state index is 13.0. The van der Waals surface area contributed by atoms with Gasteiger partial charge in [-0.2, -0.15) is 0 Å². The minimum absolute atomic E-state index is 0.133. The van der Waals surface area contributed by atoms with Gasteiger partial charge in [-0.25, -0.2) is 4.79 Å². The van der Waals surface area contributed by atoms with Crippen LogP contribution in [0.3, 0.4) is 0 Å². The van der Waals surface area contributed by atoms with Crippen molar-refractivity contribution in [3.8, 4) is 0 Å². The third kappa shape index (κ3) is 6.36. The lowest BCUT2D eigenvalue weighted by Crippen LogP contribution is -2.46. The van der Waals surface area contributed by atoms with E-state index in [0.717, 1.165) is 11.1 Å². The molecule has 2 aromatic carbocycles. The molecule has 1 fully saturated rings. The molecular formula is C29H34N6O4. The third-order valence-corrected chi connectivity index (χ3v) is 6.85. The first kappa shape index (κ1) is 26.6. The monoisotopic (exact) mass is 530 g/mol. The summed E-state index contributed by atoms with van der Waals surface area (Å²) in [5.74, 6) is 0.427. The second kappa shape index (κ2) is 12.7. The Bertz CT molecular complexity index is 1240. The van der Waals surface area contributed by atoms with Gasteiger partial charge in [0.25, 0.3) is 5.91 Å². The Kier molecular flexibility index (Phi) is 8.67. The number of morpholine rings is 1. The van der Waals surface area contributed by atoms with E-state index in [0.29, 0.717) is 63.1 Å². The Morgan fingerprint density at radius 1 is 1.08 bits per heavy atom. The quantitative estimate of drug-likeness (QED) is 0.431.